The molecule has 6 unspecified atom stereocenters. The van der Waals surface area contributed by atoms with Crippen LogP contribution in [0.2, 0.25) is 0 Å². The van der Waals surface area contributed by atoms with Crippen molar-refractivity contribution >= 4 is 5.78 Å². The molecule has 1 aliphatic heterocycles. The van der Waals surface area contributed by atoms with Crippen LogP contribution in [0, 0.1) is 28.6 Å². The number of carbonyl (C=O) groups is 1. The predicted octanol–water partition coefficient (Wildman–Crippen LogP) is 4.47. The van der Waals surface area contributed by atoms with Crippen LogP contribution < -0.4 is 0 Å². The number of ketones is 1. The first-order valence-corrected chi connectivity index (χ1v) is 11.2. The third kappa shape index (κ3) is 2.39. The summed E-state index contributed by atoms with van der Waals surface area (Å²) in [6.07, 6.45) is 13.3. The van der Waals surface area contributed by atoms with E-state index in [0.29, 0.717) is 30.5 Å². The van der Waals surface area contributed by atoms with Gasteiger partial charge in [0.1, 0.15) is 5.78 Å². The van der Waals surface area contributed by atoms with Crippen LogP contribution in [0.25, 0.3) is 0 Å². The molecule has 148 valence electrons. The van der Waals surface area contributed by atoms with Crippen molar-refractivity contribution in [3.05, 3.63) is 23.4 Å². The fourth-order valence-electron chi connectivity index (χ4n) is 8.11. The zero-order valence-corrected chi connectivity index (χ0v) is 17.3. The average Bonchev–Trinajstić information content (AvgIpc) is 3.22. The Kier molecular flexibility index (Phi) is 3.81. The third-order valence-corrected chi connectivity index (χ3v) is 9.17. The number of likely N-dealkylation sites (tertiary alicyclic amines) is 1. The third-order valence-electron chi connectivity index (χ3n) is 9.17. The second-order valence-corrected chi connectivity index (χ2v) is 10.8. The molecule has 0 bridgehead atoms. The smallest absolute Gasteiger partial charge is 0.139 e. The number of allylic oxidation sites excluding steroid dienone is 4. The first kappa shape index (κ1) is 18.0. The van der Waals surface area contributed by atoms with Crippen LogP contribution in [0.1, 0.15) is 72.1 Å². The zero-order valence-electron chi connectivity index (χ0n) is 17.3. The van der Waals surface area contributed by atoms with Crippen LogP contribution in [0.15, 0.2) is 23.4 Å². The van der Waals surface area contributed by atoms with Gasteiger partial charge in [0, 0.05) is 36.5 Å². The van der Waals surface area contributed by atoms with Gasteiger partial charge >= 0.3 is 0 Å². The highest BCUT2D eigenvalue weighted by atomic mass is 16.3. The van der Waals surface area contributed by atoms with Gasteiger partial charge in [0.05, 0.1) is 5.60 Å². The second-order valence-electron chi connectivity index (χ2n) is 10.8. The van der Waals surface area contributed by atoms with E-state index in [-0.39, 0.29) is 16.7 Å². The van der Waals surface area contributed by atoms with E-state index in [2.05, 4.69) is 30.9 Å². The Morgan fingerprint density at radius 2 is 1.85 bits per heavy atom. The van der Waals surface area contributed by atoms with E-state index in [1.165, 1.54) is 37.2 Å². The Morgan fingerprint density at radius 1 is 1.11 bits per heavy atom. The molecule has 0 aromatic rings. The van der Waals surface area contributed by atoms with E-state index in [1.54, 1.807) is 0 Å². The molecule has 0 amide bonds. The number of rotatable bonds is 1. The molecule has 1 heterocycles. The molecule has 1 N–H and O–H groups in total. The largest absolute Gasteiger partial charge is 0.390 e. The van der Waals surface area contributed by atoms with Crippen molar-refractivity contribution in [3.8, 4) is 0 Å². The van der Waals surface area contributed by atoms with Crippen molar-refractivity contribution in [1.82, 2.24) is 4.90 Å². The Morgan fingerprint density at radius 3 is 2.59 bits per heavy atom. The summed E-state index contributed by atoms with van der Waals surface area (Å²) in [7, 11) is 0. The van der Waals surface area contributed by atoms with Gasteiger partial charge in [-0.15, -0.1) is 0 Å². The number of fused-ring (bicyclic) bond motifs is 5. The molecule has 3 heteroatoms. The van der Waals surface area contributed by atoms with Crippen molar-refractivity contribution in [2.75, 3.05) is 13.1 Å². The van der Waals surface area contributed by atoms with Gasteiger partial charge in [-0.2, -0.15) is 0 Å². The summed E-state index contributed by atoms with van der Waals surface area (Å²) in [5.41, 5.74) is 1.96. The SMILES string of the molecule is CC1(O)CC2(C)C(=O)CCC2C2CC=C3C=C(N4CCCC4)CCC3(C)C21. The quantitative estimate of drug-likeness (QED) is 0.741. The Labute approximate surface area is 163 Å². The molecule has 0 spiro atoms. The second kappa shape index (κ2) is 5.72. The van der Waals surface area contributed by atoms with Crippen molar-refractivity contribution in [2.45, 2.75) is 77.7 Å². The summed E-state index contributed by atoms with van der Waals surface area (Å²) < 4.78 is 0. The Balaban J connectivity index is 1.54. The van der Waals surface area contributed by atoms with Gasteiger partial charge in [0.25, 0.3) is 0 Å². The molecule has 3 nitrogen and oxygen atoms in total. The lowest BCUT2D eigenvalue weighted by molar-refractivity contribution is -0.173. The number of hydrogen-bond acceptors (Lipinski definition) is 3. The molecule has 5 rings (SSSR count). The van der Waals surface area contributed by atoms with E-state index >= 15 is 0 Å². The van der Waals surface area contributed by atoms with Crippen molar-refractivity contribution < 1.29 is 9.90 Å². The molecule has 0 aromatic heterocycles. The molecule has 27 heavy (non-hydrogen) atoms. The summed E-state index contributed by atoms with van der Waals surface area (Å²) in [4.78, 5) is 15.3. The van der Waals surface area contributed by atoms with Crippen LogP contribution in [0.5, 0.6) is 0 Å². The van der Waals surface area contributed by atoms with Crippen LogP contribution in [-0.2, 0) is 4.79 Å². The van der Waals surface area contributed by atoms with Gasteiger partial charge in [-0.05, 0) is 80.8 Å². The summed E-state index contributed by atoms with van der Waals surface area (Å²) in [6.45, 7) is 9.00. The maximum absolute atomic E-state index is 12.7. The van der Waals surface area contributed by atoms with Crippen LogP contribution in [0.3, 0.4) is 0 Å². The van der Waals surface area contributed by atoms with E-state index in [4.69, 9.17) is 0 Å². The molecule has 3 fully saturated rings. The summed E-state index contributed by atoms with van der Waals surface area (Å²) in [6, 6.07) is 0. The molecule has 0 radical (unpaired) electrons. The van der Waals surface area contributed by atoms with Crippen LogP contribution >= 0.6 is 0 Å². The lowest BCUT2D eigenvalue weighted by Crippen LogP contribution is -2.61. The van der Waals surface area contributed by atoms with Gasteiger partial charge in [-0.25, -0.2) is 0 Å². The zero-order chi connectivity index (χ0) is 19.0. The van der Waals surface area contributed by atoms with Gasteiger partial charge in [0.2, 0.25) is 0 Å². The monoisotopic (exact) mass is 369 g/mol. The molecule has 4 aliphatic carbocycles. The summed E-state index contributed by atoms with van der Waals surface area (Å²) >= 11 is 0. The minimum Gasteiger partial charge on any atom is -0.390 e. The number of hydrogen-bond donors (Lipinski definition) is 1. The van der Waals surface area contributed by atoms with Crippen molar-refractivity contribution in [3.63, 3.8) is 0 Å². The highest BCUT2D eigenvalue weighted by Gasteiger charge is 2.64. The molecule has 1 saturated heterocycles. The molecule has 0 aromatic carbocycles. The number of nitrogens with zero attached hydrogens (tertiary/aromatic N) is 1. The van der Waals surface area contributed by atoms with E-state index in [0.717, 1.165) is 25.7 Å². The average molecular weight is 370 g/mol. The molecular weight excluding hydrogens is 334 g/mol. The van der Waals surface area contributed by atoms with E-state index in [9.17, 15) is 9.90 Å². The number of aliphatic hydroxyl groups is 1. The highest BCUT2D eigenvalue weighted by molar-refractivity contribution is 5.87. The standard InChI is InChI=1S/C24H35NO2/c1-22-11-10-17(25-12-4-5-13-25)14-16(22)6-7-18-19-8-9-20(26)23(19,2)15-24(3,27)21(18)22/h6,14,18-19,21,27H,4-5,7-13,15H2,1-3H3. The molecular formula is C24H35NO2. The first-order valence-electron chi connectivity index (χ1n) is 11.2. The van der Waals surface area contributed by atoms with Gasteiger partial charge < -0.3 is 10.0 Å². The fraction of sp³-hybridized carbons (Fsp3) is 0.792. The maximum Gasteiger partial charge on any atom is 0.139 e. The Hall–Kier alpha value is -1.09. The topological polar surface area (TPSA) is 40.5 Å². The van der Waals surface area contributed by atoms with E-state index < -0.39 is 5.60 Å². The minimum absolute atomic E-state index is 0.0443. The highest BCUT2D eigenvalue weighted by Crippen LogP contribution is 2.66. The molecule has 6 atom stereocenters. The summed E-state index contributed by atoms with van der Waals surface area (Å²) in [5, 5.41) is 11.7. The molecule has 2 saturated carbocycles. The van der Waals surface area contributed by atoms with Crippen molar-refractivity contribution in [1.29, 1.82) is 0 Å². The number of carbonyl (C=O) groups excluding carboxylic acids is 1. The predicted molar refractivity (Wildman–Crippen MR) is 107 cm³/mol. The lowest BCUT2D eigenvalue weighted by Gasteiger charge is -2.61. The van der Waals surface area contributed by atoms with Crippen LogP contribution in [0.4, 0.5) is 0 Å². The van der Waals surface area contributed by atoms with Crippen molar-refractivity contribution in [2.24, 2.45) is 28.6 Å². The van der Waals surface area contributed by atoms with Gasteiger partial charge in [-0.3, -0.25) is 4.79 Å². The number of Topliss-reactive ketones (excluding diaryl/α,β-unsaturated/α-hetero) is 1. The lowest BCUT2D eigenvalue weighted by atomic mass is 9.44. The van der Waals surface area contributed by atoms with E-state index in [1.807, 2.05) is 6.92 Å². The van der Waals surface area contributed by atoms with Gasteiger partial charge in [-0.1, -0.05) is 19.9 Å². The van der Waals surface area contributed by atoms with Gasteiger partial charge in [0.15, 0.2) is 0 Å². The minimum atomic E-state index is -0.761. The maximum atomic E-state index is 12.7. The fourth-order valence-corrected chi connectivity index (χ4v) is 8.11. The molecule has 5 aliphatic rings. The summed E-state index contributed by atoms with van der Waals surface area (Å²) in [5.74, 6) is 1.56. The first-order chi connectivity index (χ1) is 12.8. The Bertz CT molecular complexity index is 729. The normalized spacial score (nSPS) is 49.3. The van der Waals surface area contributed by atoms with Crippen LogP contribution in [-0.4, -0.2) is 34.5 Å².